The maximum atomic E-state index is 13.6. The van der Waals surface area contributed by atoms with E-state index in [1.807, 2.05) is 11.0 Å². The molecule has 23 heavy (non-hydrogen) atoms. The van der Waals surface area contributed by atoms with E-state index in [9.17, 15) is 9.18 Å². The van der Waals surface area contributed by atoms with E-state index in [1.165, 1.54) is 12.5 Å². The minimum atomic E-state index is -0.232. The molecule has 2 heterocycles. The van der Waals surface area contributed by atoms with E-state index < -0.39 is 0 Å². The summed E-state index contributed by atoms with van der Waals surface area (Å²) in [6.45, 7) is 2.01. The smallest absolute Gasteiger partial charge is 0.272 e. The van der Waals surface area contributed by atoms with Gasteiger partial charge in [0, 0.05) is 25.2 Å². The van der Waals surface area contributed by atoms with Crippen molar-refractivity contribution in [3.05, 3.63) is 59.7 Å². The molecule has 0 saturated carbocycles. The number of nitrogens with one attached hydrogen (secondary N) is 1. The van der Waals surface area contributed by atoms with Crippen LogP contribution < -0.4 is 5.32 Å². The summed E-state index contributed by atoms with van der Waals surface area (Å²) in [6.07, 6.45) is 4.94. The van der Waals surface area contributed by atoms with Crippen LogP contribution in [-0.2, 0) is 6.54 Å². The Morgan fingerprint density at radius 1 is 1.13 bits per heavy atom. The Morgan fingerprint density at radius 3 is 2.61 bits per heavy atom. The lowest BCUT2D eigenvalue weighted by Gasteiger charge is -2.26. The zero-order chi connectivity index (χ0) is 16.1. The highest BCUT2D eigenvalue weighted by Crippen LogP contribution is 2.14. The van der Waals surface area contributed by atoms with Crippen LogP contribution in [-0.4, -0.2) is 28.9 Å². The van der Waals surface area contributed by atoms with Gasteiger partial charge in [-0.25, -0.2) is 9.37 Å². The van der Waals surface area contributed by atoms with Crippen molar-refractivity contribution in [2.75, 3.05) is 18.4 Å². The third-order valence-corrected chi connectivity index (χ3v) is 4.07. The zero-order valence-corrected chi connectivity index (χ0v) is 13.0. The number of halogens is 1. The van der Waals surface area contributed by atoms with Crippen molar-refractivity contribution in [1.82, 2.24) is 9.88 Å². The predicted molar refractivity (Wildman–Crippen MR) is 87.7 cm³/mol. The number of rotatable bonds is 4. The number of anilines is 1. The molecule has 1 aliphatic rings. The minimum Gasteiger partial charge on any atom is -0.380 e. The molecule has 1 aliphatic heterocycles. The first kappa shape index (κ1) is 15.5. The molecule has 4 nitrogen and oxygen atoms in total. The van der Waals surface area contributed by atoms with Gasteiger partial charge in [-0.05, 0) is 37.5 Å². The molecule has 0 radical (unpaired) electrons. The maximum Gasteiger partial charge on any atom is 0.272 e. The van der Waals surface area contributed by atoms with Gasteiger partial charge in [-0.2, -0.15) is 0 Å². The van der Waals surface area contributed by atoms with E-state index in [0.29, 0.717) is 17.8 Å². The second kappa shape index (κ2) is 7.22. The van der Waals surface area contributed by atoms with Gasteiger partial charge in [0.1, 0.15) is 11.5 Å². The monoisotopic (exact) mass is 313 g/mol. The molecule has 0 aliphatic carbocycles. The van der Waals surface area contributed by atoms with Crippen LogP contribution in [0.2, 0.25) is 0 Å². The SMILES string of the molecule is O=C(c1ccc(NCc2ccccc2F)cn1)N1CCCCC1. The molecule has 2 aromatic rings. The van der Waals surface area contributed by atoms with E-state index in [2.05, 4.69) is 10.3 Å². The van der Waals surface area contributed by atoms with Gasteiger partial charge in [-0.15, -0.1) is 0 Å². The number of hydrogen-bond donors (Lipinski definition) is 1. The normalized spacial score (nSPS) is 14.6. The van der Waals surface area contributed by atoms with Crippen molar-refractivity contribution in [3.63, 3.8) is 0 Å². The highest BCUT2D eigenvalue weighted by atomic mass is 19.1. The molecule has 0 bridgehead atoms. The molecule has 0 unspecified atom stereocenters. The van der Waals surface area contributed by atoms with Gasteiger partial charge < -0.3 is 10.2 Å². The number of benzene rings is 1. The molecule has 1 N–H and O–H groups in total. The summed E-state index contributed by atoms with van der Waals surface area (Å²) >= 11 is 0. The lowest BCUT2D eigenvalue weighted by atomic mass is 10.1. The van der Waals surface area contributed by atoms with Crippen LogP contribution >= 0.6 is 0 Å². The Balaban J connectivity index is 1.60. The van der Waals surface area contributed by atoms with Crippen LogP contribution in [0.1, 0.15) is 35.3 Å². The molecule has 3 rings (SSSR count). The summed E-state index contributed by atoms with van der Waals surface area (Å²) in [5.41, 5.74) is 1.83. The lowest BCUT2D eigenvalue weighted by molar-refractivity contribution is 0.0718. The van der Waals surface area contributed by atoms with E-state index in [1.54, 1.807) is 30.5 Å². The fourth-order valence-electron chi connectivity index (χ4n) is 2.72. The number of pyridine rings is 1. The molecule has 0 atom stereocenters. The predicted octanol–water partition coefficient (Wildman–Crippen LogP) is 3.46. The highest BCUT2D eigenvalue weighted by molar-refractivity contribution is 5.92. The van der Waals surface area contributed by atoms with E-state index in [-0.39, 0.29) is 11.7 Å². The molecule has 5 heteroatoms. The zero-order valence-electron chi connectivity index (χ0n) is 13.0. The number of amides is 1. The summed E-state index contributed by atoms with van der Waals surface area (Å²) in [5, 5.41) is 3.12. The Morgan fingerprint density at radius 2 is 1.91 bits per heavy atom. The Bertz CT molecular complexity index is 666. The van der Waals surface area contributed by atoms with Crippen molar-refractivity contribution >= 4 is 11.6 Å². The fraction of sp³-hybridized carbons (Fsp3) is 0.333. The second-order valence-corrected chi connectivity index (χ2v) is 5.73. The van der Waals surface area contributed by atoms with Crippen LogP contribution in [0.5, 0.6) is 0 Å². The third kappa shape index (κ3) is 3.86. The van der Waals surface area contributed by atoms with Gasteiger partial charge in [-0.1, -0.05) is 18.2 Å². The highest BCUT2D eigenvalue weighted by Gasteiger charge is 2.18. The van der Waals surface area contributed by atoms with Crippen LogP contribution in [0, 0.1) is 5.82 Å². The standard InChI is InChI=1S/C18H20FN3O/c19-16-7-3-2-6-14(16)12-20-15-8-9-17(21-13-15)18(23)22-10-4-1-5-11-22/h2-3,6-9,13,20H,1,4-5,10-12H2. The minimum absolute atomic E-state index is 0.00893. The molecule has 1 amide bonds. The average molecular weight is 313 g/mol. The van der Waals surface area contributed by atoms with Gasteiger partial charge in [0.15, 0.2) is 0 Å². The molecule has 1 aromatic carbocycles. The maximum absolute atomic E-state index is 13.6. The van der Waals surface area contributed by atoms with Crippen molar-refractivity contribution in [2.24, 2.45) is 0 Å². The molecule has 1 saturated heterocycles. The Labute approximate surface area is 135 Å². The molecule has 1 aromatic heterocycles. The summed E-state index contributed by atoms with van der Waals surface area (Å²) < 4.78 is 13.6. The first-order chi connectivity index (χ1) is 11.2. The molecule has 1 fully saturated rings. The molecular formula is C18H20FN3O. The molecular weight excluding hydrogens is 293 g/mol. The number of nitrogens with zero attached hydrogens (tertiary/aromatic N) is 2. The first-order valence-corrected chi connectivity index (χ1v) is 7.96. The van der Waals surface area contributed by atoms with Crippen molar-refractivity contribution in [1.29, 1.82) is 0 Å². The molecule has 0 spiro atoms. The van der Waals surface area contributed by atoms with Crippen molar-refractivity contribution in [3.8, 4) is 0 Å². The van der Waals surface area contributed by atoms with E-state index >= 15 is 0 Å². The summed E-state index contributed by atoms with van der Waals surface area (Å²) in [4.78, 5) is 18.4. The van der Waals surface area contributed by atoms with Gasteiger partial charge in [-0.3, -0.25) is 4.79 Å². The van der Waals surface area contributed by atoms with Gasteiger partial charge in [0.25, 0.3) is 5.91 Å². The van der Waals surface area contributed by atoms with Crippen LogP contribution in [0.4, 0.5) is 10.1 Å². The second-order valence-electron chi connectivity index (χ2n) is 5.73. The number of carbonyl (C=O) groups excluding carboxylic acids is 1. The van der Waals surface area contributed by atoms with Crippen LogP contribution in [0.15, 0.2) is 42.6 Å². The van der Waals surface area contributed by atoms with Gasteiger partial charge in [0.2, 0.25) is 0 Å². The van der Waals surface area contributed by atoms with Crippen molar-refractivity contribution < 1.29 is 9.18 Å². The Hall–Kier alpha value is -2.43. The van der Waals surface area contributed by atoms with Gasteiger partial charge >= 0.3 is 0 Å². The van der Waals surface area contributed by atoms with Crippen molar-refractivity contribution in [2.45, 2.75) is 25.8 Å². The lowest BCUT2D eigenvalue weighted by Crippen LogP contribution is -2.36. The van der Waals surface area contributed by atoms with E-state index in [4.69, 9.17) is 0 Å². The van der Waals surface area contributed by atoms with Gasteiger partial charge in [0.05, 0.1) is 11.9 Å². The fourth-order valence-corrected chi connectivity index (χ4v) is 2.72. The van der Waals surface area contributed by atoms with Crippen LogP contribution in [0.3, 0.4) is 0 Å². The summed E-state index contributed by atoms with van der Waals surface area (Å²) in [6, 6.07) is 10.2. The largest absolute Gasteiger partial charge is 0.380 e. The average Bonchev–Trinajstić information content (AvgIpc) is 2.62. The quantitative estimate of drug-likeness (QED) is 0.940. The van der Waals surface area contributed by atoms with Crippen LogP contribution in [0.25, 0.3) is 0 Å². The number of carbonyl (C=O) groups is 1. The number of piperidine rings is 1. The van der Waals surface area contributed by atoms with E-state index in [0.717, 1.165) is 31.6 Å². The first-order valence-electron chi connectivity index (χ1n) is 7.96. The summed E-state index contributed by atoms with van der Waals surface area (Å²) in [7, 11) is 0. The molecule has 120 valence electrons. The number of hydrogen-bond acceptors (Lipinski definition) is 3. The third-order valence-electron chi connectivity index (χ3n) is 4.07. The summed E-state index contributed by atoms with van der Waals surface area (Å²) in [5.74, 6) is -0.241. The number of likely N-dealkylation sites (tertiary alicyclic amines) is 1. The topological polar surface area (TPSA) is 45.2 Å². The number of aromatic nitrogens is 1. The Kier molecular flexibility index (Phi) is 4.86.